The third-order valence-corrected chi connectivity index (χ3v) is 4.72. The van der Waals surface area contributed by atoms with Crippen molar-refractivity contribution in [1.82, 2.24) is 14.9 Å². The van der Waals surface area contributed by atoms with E-state index in [0.717, 1.165) is 48.4 Å². The van der Waals surface area contributed by atoms with Crippen LogP contribution in [0.15, 0.2) is 48.5 Å². The smallest absolute Gasteiger partial charge is 0.220 e. The molecule has 0 saturated carbocycles. The van der Waals surface area contributed by atoms with Crippen LogP contribution in [-0.4, -0.2) is 22.1 Å². The number of carbonyl (C=O) groups excluding carboxylic acids is 1. The van der Waals surface area contributed by atoms with Crippen LogP contribution in [0.2, 0.25) is 0 Å². The lowest BCUT2D eigenvalue weighted by atomic mass is 10.2. The third kappa shape index (κ3) is 5.35. The average Bonchev–Trinajstić information content (AvgIpc) is 3.05. The van der Waals surface area contributed by atoms with Crippen LogP contribution in [0.3, 0.4) is 0 Å². The van der Waals surface area contributed by atoms with Gasteiger partial charge in [0.25, 0.3) is 0 Å². The summed E-state index contributed by atoms with van der Waals surface area (Å²) in [4.78, 5) is 16.5. The molecule has 0 radical (unpaired) electrons. The van der Waals surface area contributed by atoms with Crippen LogP contribution < -0.4 is 10.1 Å². The number of para-hydroxylation sites is 2. The Morgan fingerprint density at radius 3 is 2.68 bits per heavy atom. The molecule has 1 heterocycles. The maximum absolute atomic E-state index is 11.8. The summed E-state index contributed by atoms with van der Waals surface area (Å²) < 4.78 is 8.04. The van der Waals surface area contributed by atoms with Crippen molar-refractivity contribution in [3.8, 4) is 5.75 Å². The van der Waals surface area contributed by atoms with Crippen molar-refractivity contribution in [2.45, 2.75) is 52.6 Å². The minimum atomic E-state index is 0.0765. The van der Waals surface area contributed by atoms with E-state index in [2.05, 4.69) is 35.0 Å². The van der Waals surface area contributed by atoms with Gasteiger partial charge in [0.15, 0.2) is 0 Å². The van der Waals surface area contributed by atoms with Gasteiger partial charge in [0.2, 0.25) is 5.91 Å². The van der Waals surface area contributed by atoms with Crippen LogP contribution in [0.1, 0.15) is 44.0 Å². The number of hydrogen-bond acceptors (Lipinski definition) is 3. The predicted molar refractivity (Wildman–Crippen MR) is 112 cm³/mol. The number of aromatic nitrogens is 2. The van der Waals surface area contributed by atoms with Gasteiger partial charge in [-0.1, -0.05) is 36.8 Å². The highest BCUT2D eigenvalue weighted by Crippen LogP contribution is 2.17. The Labute approximate surface area is 166 Å². The molecule has 0 spiro atoms. The van der Waals surface area contributed by atoms with Crippen LogP contribution in [-0.2, 0) is 17.9 Å². The molecule has 5 heteroatoms. The Morgan fingerprint density at radius 2 is 1.89 bits per heavy atom. The molecule has 1 N–H and O–H groups in total. The van der Waals surface area contributed by atoms with Crippen molar-refractivity contribution in [1.29, 1.82) is 0 Å². The first kappa shape index (κ1) is 19.9. The fourth-order valence-electron chi connectivity index (χ4n) is 3.20. The topological polar surface area (TPSA) is 56.2 Å². The zero-order valence-electron chi connectivity index (χ0n) is 16.8. The second-order valence-electron chi connectivity index (χ2n) is 7.06. The molecule has 148 valence electrons. The molecular formula is C23H29N3O2. The largest absolute Gasteiger partial charge is 0.494 e. The molecule has 0 fully saturated rings. The van der Waals surface area contributed by atoms with Crippen molar-refractivity contribution >= 4 is 16.9 Å². The van der Waals surface area contributed by atoms with Gasteiger partial charge in [0.1, 0.15) is 11.6 Å². The van der Waals surface area contributed by atoms with E-state index in [1.165, 1.54) is 5.56 Å². The van der Waals surface area contributed by atoms with E-state index < -0.39 is 0 Å². The van der Waals surface area contributed by atoms with Crippen LogP contribution in [0.25, 0.3) is 11.0 Å². The molecule has 0 unspecified atom stereocenters. The summed E-state index contributed by atoms with van der Waals surface area (Å²) in [5.74, 6) is 1.90. The molecule has 0 saturated heterocycles. The maximum Gasteiger partial charge on any atom is 0.220 e. The van der Waals surface area contributed by atoms with Crippen LogP contribution in [0.5, 0.6) is 5.75 Å². The van der Waals surface area contributed by atoms with Crippen LogP contribution in [0, 0.1) is 6.92 Å². The fraction of sp³-hybridized carbons (Fsp3) is 0.391. The van der Waals surface area contributed by atoms with E-state index in [1.807, 2.05) is 37.3 Å². The average molecular weight is 380 g/mol. The second-order valence-corrected chi connectivity index (χ2v) is 7.06. The van der Waals surface area contributed by atoms with Crippen molar-refractivity contribution in [2.75, 3.05) is 6.61 Å². The molecule has 5 nitrogen and oxygen atoms in total. The second kappa shape index (κ2) is 9.93. The van der Waals surface area contributed by atoms with E-state index >= 15 is 0 Å². The molecule has 28 heavy (non-hydrogen) atoms. The highest BCUT2D eigenvalue weighted by molar-refractivity contribution is 5.77. The van der Waals surface area contributed by atoms with Gasteiger partial charge >= 0.3 is 0 Å². The minimum absolute atomic E-state index is 0.0765. The molecule has 1 aromatic heterocycles. The molecule has 0 aliphatic carbocycles. The number of amides is 1. The number of ether oxygens (including phenoxy) is 1. The molecule has 1 amide bonds. The Morgan fingerprint density at radius 1 is 1.11 bits per heavy atom. The highest BCUT2D eigenvalue weighted by Gasteiger charge is 2.11. The predicted octanol–water partition coefficient (Wildman–Crippen LogP) is 4.62. The number of nitrogens with zero attached hydrogens (tertiary/aromatic N) is 2. The van der Waals surface area contributed by atoms with Gasteiger partial charge in [0.05, 0.1) is 24.2 Å². The van der Waals surface area contributed by atoms with Gasteiger partial charge in [-0.15, -0.1) is 0 Å². The first-order valence-electron chi connectivity index (χ1n) is 10.1. The van der Waals surface area contributed by atoms with Gasteiger partial charge in [-0.2, -0.15) is 0 Å². The highest BCUT2D eigenvalue weighted by atomic mass is 16.5. The molecular weight excluding hydrogens is 350 g/mol. The molecule has 0 bridgehead atoms. The van der Waals surface area contributed by atoms with Gasteiger partial charge < -0.3 is 14.6 Å². The monoisotopic (exact) mass is 379 g/mol. The Hall–Kier alpha value is -2.82. The van der Waals surface area contributed by atoms with Crippen LogP contribution in [0.4, 0.5) is 0 Å². The molecule has 2 aromatic carbocycles. The van der Waals surface area contributed by atoms with E-state index in [1.54, 1.807) is 0 Å². The SMILES string of the molecule is CCCC(=O)NCc1nc2ccccc2n1CCCCOc1ccc(C)cc1. The Bertz CT molecular complexity index is 900. The van der Waals surface area contributed by atoms with Crippen LogP contribution >= 0.6 is 0 Å². The molecule has 3 rings (SSSR count). The zero-order valence-corrected chi connectivity index (χ0v) is 16.8. The number of imidazole rings is 1. The van der Waals surface area contributed by atoms with Gasteiger partial charge in [-0.25, -0.2) is 4.98 Å². The summed E-state index contributed by atoms with van der Waals surface area (Å²) in [5.41, 5.74) is 3.32. The molecule has 3 aromatic rings. The first-order valence-corrected chi connectivity index (χ1v) is 10.1. The van der Waals surface area contributed by atoms with Gasteiger partial charge in [-0.05, 0) is 50.5 Å². The number of aryl methyl sites for hydroxylation is 2. The van der Waals surface area contributed by atoms with E-state index in [9.17, 15) is 4.79 Å². The van der Waals surface area contributed by atoms with Gasteiger partial charge in [0, 0.05) is 13.0 Å². The third-order valence-electron chi connectivity index (χ3n) is 4.72. The minimum Gasteiger partial charge on any atom is -0.494 e. The van der Waals surface area contributed by atoms with E-state index in [4.69, 9.17) is 9.72 Å². The molecule has 0 aliphatic rings. The molecule has 0 atom stereocenters. The summed E-state index contributed by atoms with van der Waals surface area (Å²) in [7, 11) is 0. The number of unbranched alkanes of at least 4 members (excludes halogenated alkanes) is 1. The van der Waals surface area contributed by atoms with E-state index in [0.29, 0.717) is 19.6 Å². The number of carbonyl (C=O) groups is 1. The number of nitrogens with one attached hydrogen (secondary N) is 1. The summed E-state index contributed by atoms with van der Waals surface area (Å²) >= 11 is 0. The Kier molecular flexibility index (Phi) is 7.06. The quantitative estimate of drug-likeness (QED) is 0.523. The van der Waals surface area contributed by atoms with Gasteiger partial charge in [-0.3, -0.25) is 4.79 Å². The Balaban J connectivity index is 1.57. The normalized spacial score (nSPS) is 10.9. The summed E-state index contributed by atoms with van der Waals surface area (Å²) in [6.45, 7) is 6.09. The standard InChI is InChI=1S/C23H29N3O2/c1-3-8-23(27)24-17-22-25-20-9-4-5-10-21(20)26(22)15-6-7-16-28-19-13-11-18(2)12-14-19/h4-5,9-14H,3,6-8,15-17H2,1-2H3,(H,24,27). The van der Waals surface area contributed by atoms with Crippen molar-refractivity contribution < 1.29 is 9.53 Å². The van der Waals surface area contributed by atoms with E-state index in [-0.39, 0.29) is 5.91 Å². The number of fused-ring (bicyclic) bond motifs is 1. The summed E-state index contributed by atoms with van der Waals surface area (Å²) in [5, 5.41) is 2.98. The van der Waals surface area contributed by atoms with Crippen molar-refractivity contribution in [2.24, 2.45) is 0 Å². The lowest BCUT2D eigenvalue weighted by molar-refractivity contribution is -0.121. The van der Waals surface area contributed by atoms with Crippen molar-refractivity contribution in [3.05, 3.63) is 59.9 Å². The number of rotatable bonds is 10. The van der Waals surface area contributed by atoms with Crippen molar-refractivity contribution in [3.63, 3.8) is 0 Å². The maximum atomic E-state index is 11.8. The molecule has 0 aliphatic heterocycles. The summed E-state index contributed by atoms with van der Waals surface area (Å²) in [6.07, 6.45) is 3.35. The fourth-order valence-corrected chi connectivity index (χ4v) is 3.20. The number of hydrogen-bond donors (Lipinski definition) is 1. The lowest BCUT2D eigenvalue weighted by Gasteiger charge is -2.11. The zero-order chi connectivity index (χ0) is 19.8. The number of benzene rings is 2. The first-order chi connectivity index (χ1) is 13.7. The summed E-state index contributed by atoms with van der Waals surface area (Å²) in [6, 6.07) is 16.3. The lowest BCUT2D eigenvalue weighted by Crippen LogP contribution is -2.24.